The fourth-order valence-electron chi connectivity index (χ4n) is 3.48. The molecule has 21 heavy (non-hydrogen) atoms. The van der Waals surface area contributed by atoms with Gasteiger partial charge in [0.2, 0.25) is 0 Å². The van der Waals surface area contributed by atoms with Gasteiger partial charge in [-0.2, -0.15) is 0 Å². The summed E-state index contributed by atoms with van der Waals surface area (Å²) in [5.41, 5.74) is 2.73. The zero-order chi connectivity index (χ0) is 14.5. The summed E-state index contributed by atoms with van der Waals surface area (Å²) >= 11 is 0. The molecule has 2 saturated heterocycles. The standard InChI is InChI=1S/C18H28N2O/c1-2-15-5-7-17(8-6-15)18-14-20(10-11-21-18)13-16-4-3-9-19-12-16/h5-8,16,18-19H,2-4,9-14H2,1H3. The number of aryl methyl sites for hydroxylation is 1. The zero-order valence-electron chi connectivity index (χ0n) is 13.2. The molecule has 2 aliphatic heterocycles. The lowest BCUT2D eigenvalue weighted by atomic mass is 9.98. The number of hydrogen-bond donors (Lipinski definition) is 1. The number of hydrogen-bond acceptors (Lipinski definition) is 3. The van der Waals surface area contributed by atoms with E-state index in [1.807, 2.05) is 0 Å². The first-order valence-corrected chi connectivity index (χ1v) is 8.48. The number of nitrogens with zero attached hydrogens (tertiary/aromatic N) is 1. The van der Waals surface area contributed by atoms with Gasteiger partial charge in [-0.15, -0.1) is 0 Å². The van der Waals surface area contributed by atoms with Crippen LogP contribution in [0.2, 0.25) is 0 Å². The third-order valence-corrected chi connectivity index (χ3v) is 4.83. The van der Waals surface area contributed by atoms with Crippen LogP contribution in [0, 0.1) is 5.92 Å². The lowest BCUT2D eigenvalue weighted by Crippen LogP contribution is -2.44. The Kier molecular flexibility index (Phi) is 5.28. The number of rotatable bonds is 4. The number of piperidine rings is 1. The third-order valence-electron chi connectivity index (χ3n) is 4.83. The average Bonchev–Trinajstić information content (AvgIpc) is 2.56. The Bertz CT molecular complexity index is 425. The molecule has 2 heterocycles. The van der Waals surface area contributed by atoms with Crippen molar-refractivity contribution in [2.75, 3.05) is 39.3 Å². The molecule has 3 rings (SSSR count). The summed E-state index contributed by atoms with van der Waals surface area (Å²) in [6.45, 7) is 8.80. The van der Waals surface area contributed by atoms with Gasteiger partial charge in [0.1, 0.15) is 0 Å². The van der Waals surface area contributed by atoms with Crippen molar-refractivity contribution in [3.63, 3.8) is 0 Å². The summed E-state index contributed by atoms with van der Waals surface area (Å²) in [6, 6.07) is 8.97. The molecule has 1 aromatic carbocycles. The molecule has 116 valence electrons. The molecule has 0 amide bonds. The number of ether oxygens (including phenoxy) is 1. The first kappa shape index (κ1) is 15.0. The Hall–Kier alpha value is -0.900. The van der Waals surface area contributed by atoms with E-state index in [-0.39, 0.29) is 6.10 Å². The van der Waals surface area contributed by atoms with Gasteiger partial charge in [0, 0.05) is 19.6 Å². The maximum atomic E-state index is 6.00. The first-order valence-electron chi connectivity index (χ1n) is 8.48. The van der Waals surface area contributed by atoms with Crippen LogP contribution in [0.25, 0.3) is 0 Å². The van der Waals surface area contributed by atoms with Crippen molar-refractivity contribution in [3.05, 3.63) is 35.4 Å². The van der Waals surface area contributed by atoms with Gasteiger partial charge in [0.15, 0.2) is 0 Å². The van der Waals surface area contributed by atoms with Gasteiger partial charge in [0.05, 0.1) is 12.7 Å². The van der Waals surface area contributed by atoms with E-state index in [4.69, 9.17) is 4.74 Å². The highest BCUT2D eigenvalue weighted by Crippen LogP contribution is 2.24. The summed E-state index contributed by atoms with van der Waals surface area (Å²) in [6.07, 6.45) is 4.06. The van der Waals surface area contributed by atoms with Crippen LogP contribution in [-0.4, -0.2) is 44.2 Å². The minimum Gasteiger partial charge on any atom is -0.371 e. The van der Waals surface area contributed by atoms with Crippen molar-refractivity contribution in [3.8, 4) is 0 Å². The smallest absolute Gasteiger partial charge is 0.0952 e. The van der Waals surface area contributed by atoms with Crippen LogP contribution >= 0.6 is 0 Å². The maximum absolute atomic E-state index is 6.00. The maximum Gasteiger partial charge on any atom is 0.0952 e. The summed E-state index contributed by atoms with van der Waals surface area (Å²) < 4.78 is 6.00. The molecule has 2 unspecified atom stereocenters. The third kappa shape index (κ3) is 4.06. The normalized spacial score (nSPS) is 27.7. The first-order chi connectivity index (χ1) is 10.3. The van der Waals surface area contributed by atoms with E-state index in [1.54, 1.807) is 0 Å². The molecule has 3 heteroatoms. The summed E-state index contributed by atoms with van der Waals surface area (Å²) in [7, 11) is 0. The molecule has 2 atom stereocenters. The van der Waals surface area contributed by atoms with E-state index in [9.17, 15) is 0 Å². The number of morpholine rings is 1. The van der Waals surface area contributed by atoms with Gasteiger partial charge in [-0.05, 0) is 49.4 Å². The Labute approximate surface area is 128 Å². The van der Waals surface area contributed by atoms with Crippen LogP contribution in [0.15, 0.2) is 24.3 Å². The van der Waals surface area contributed by atoms with Gasteiger partial charge in [-0.25, -0.2) is 0 Å². The molecule has 0 radical (unpaired) electrons. The van der Waals surface area contributed by atoms with Crippen LogP contribution in [0.1, 0.15) is 37.0 Å². The van der Waals surface area contributed by atoms with Gasteiger partial charge in [-0.1, -0.05) is 31.2 Å². The SMILES string of the molecule is CCc1ccc(C2CN(CC3CCCNC3)CCO2)cc1. The number of nitrogens with one attached hydrogen (secondary N) is 1. The lowest BCUT2D eigenvalue weighted by molar-refractivity contribution is -0.0353. The van der Waals surface area contributed by atoms with E-state index < -0.39 is 0 Å². The Morgan fingerprint density at radius 1 is 1.29 bits per heavy atom. The minimum absolute atomic E-state index is 0.251. The Balaban J connectivity index is 1.56. The summed E-state index contributed by atoms with van der Waals surface area (Å²) in [5.74, 6) is 0.819. The van der Waals surface area contributed by atoms with Crippen molar-refractivity contribution in [2.45, 2.75) is 32.3 Å². The van der Waals surface area contributed by atoms with Gasteiger partial charge in [0.25, 0.3) is 0 Å². The van der Waals surface area contributed by atoms with Gasteiger partial charge in [-0.3, -0.25) is 4.90 Å². The van der Waals surface area contributed by atoms with E-state index in [0.717, 1.165) is 32.0 Å². The summed E-state index contributed by atoms with van der Waals surface area (Å²) in [5, 5.41) is 3.52. The molecule has 1 N–H and O–H groups in total. The van der Waals surface area contributed by atoms with Crippen LogP contribution in [-0.2, 0) is 11.2 Å². The fraction of sp³-hybridized carbons (Fsp3) is 0.667. The van der Waals surface area contributed by atoms with Crippen molar-refractivity contribution >= 4 is 0 Å². The highest BCUT2D eigenvalue weighted by atomic mass is 16.5. The molecule has 1 aromatic rings. The Morgan fingerprint density at radius 3 is 2.86 bits per heavy atom. The monoisotopic (exact) mass is 288 g/mol. The molecule has 0 spiro atoms. The van der Waals surface area contributed by atoms with Crippen LogP contribution in [0.5, 0.6) is 0 Å². The van der Waals surface area contributed by atoms with Gasteiger partial charge >= 0.3 is 0 Å². The lowest BCUT2D eigenvalue weighted by Gasteiger charge is -2.36. The van der Waals surface area contributed by atoms with Crippen molar-refractivity contribution in [1.29, 1.82) is 0 Å². The Morgan fingerprint density at radius 2 is 2.14 bits per heavy atom. The molecular formula is C18H28N2O. The van der Waals surface area contributed by atoms with E-state index in [2.05, 4.69) is 41.4 Å². The zero-order valence-corrected chi connectivity index (χ0v) is 13.2. The molecule has 2 fully saturated rings. The van der Waals surface area contributed by atoms with E-state index in [0.29, 0.717) is 0 Å². The molecule has 0 saturated carbocycles. The molecular weight excluding hydrogens is 260 g/mol. The topological polar surface area (TPSA) is 24.5 Å². The number of benzene rings is 1. The van der Waals surface area contributed by atoms with Crippen molar-refractivity contribution < 1.29 is 4.74 Å². The molecule has 0 aliphatic carbocycles. The molecule has 2 aliphatic rings. The van der Waals surface area contributed by atoms with Crippen LogP contribution < -0.4 is 5.32 Å². The fourth-order valence-corrected chi connectivity index (χ4v) is 3.48. The average molecular weight is 288 g/mol. The second kappa shape index (κ2) is 7.39. The predicted molar refractivity (Wildman–Crippen MR) is 86.5 cm³/mol. The van der Waals surface area contributed by atoms with Gasteiger partial charge < -0.3 is 10.1 Å². The van der Waals surface area contributed by atoms with Crippen molar-refractivity contribution in [1.82, 2.24) is 10.2 Å². The second-order valence-electron chi connectivity index (χ2n) is 6.43. The quantitative estimate of drug-likeness (QED) is 0.922. The van der Waals surface area contributed by atoms with E-state index in [1.165, 1.54) is 43.6 Å². The predicted octanol–water partition coefficient (Wildman–Crippen LogP) is 2.62. The van der Waals surface area contributed by atoms with E-state index >= 15 is 0 Å². The van der Waals surface area contributed by atoms with Crippen molar-refractivity contribution in [2.24, 2.45) is 5.92 Å². The van der Waals surface area contributed by atoms with Crippen LogP contribution in [0.3, 0.4) is 0 Å². The summed E-state index contributed by atoms with van der Waals surface area (Å²) in [4.78, 5) is 2.60. The molecule has 3 nitrogen and oxygen atoms in total. The van der Waals surface area contributed by atoms with Crippen LogP contribution in [0.4, 0.5) is 0 Å². The minimum atomic E-state index is 0.251. The molecule has 0 bridgehead atoms. The molecule has 0 aromatic heterocycles. The largest absolute Gasteiger partial charge is 0.371 e. The second-order valence-corrected chi connectivity index (χ2v) is 6.43. The highest BCUT2D eigenvalue weighted by Gasteiger charge is 2.24. The highest BCUT2D eigenvalue weighted by molar-refractivity contribution is 5.24.